The van der Waals surface area contributed by atoms with Crippen molar-refractivity contribution in [2.75, 3.05) is 13.2 Å². The Morgan fingerprint density at radius 3 is 2.86 bits per heavy atom. The van der Waals surface area contributed by atoms with E-state index in [9.17, 15) is 14.7 Å². The van der Waals surface area contributed by atoms with Crippen molar-refractivity contribution < 1.29 is 19.4 Å². The summed E-state index contributed by atoms with van der Waals surface area (Å²) in [6.07, 6.45) is 2.27. The van der Waals surface area contributed by atoms with Crippen molar-refractivity contribution in [3.63, 3.8) is 0 Å². The molecule has 0 aromatic carbocycles. The maximum atomic E-state index is 12.5. The molecule has 1 aliphatic carbocycles. The first kappa shape index (κ1) is 14.3. The van der Waals surface area contributed by atoms with Crippen LogP contribution in [-0.4, -0.2) is 46.8 Å². The Kier molecular flexibility index (Phi) is 3.86. The van der Waals surface area contributed by atoms with Crippen LogP contribution in [-0.2, 0) is 16.1 Å². The number of aliphatic carboxylic acids is 1. The highest BCUT2D eigenvalue weighted by molar-refractivity contribution is 7.07. The monoisotopic (exact) mass is 310 g/mol. The summed E-state index contributed by atoms with van der Waals surface area (Å²) in [6, 6.07) is 1.90. The van der Waals surface area contributed by atoms with E-state index in [0.29, 0.717) is 19.6 Å². The molecule has 2 amide bonds. The molecule has 1 aromatic rings. The van der Waals surface area contributed by atoms with E-state index in [1.54, 1.807) is 16.2 Å². The van der Waals surface area contributed by atoms with Crippen LogP contribution in [0.3, 0.4) is 0 Å². The fourth-order valence-electron chi connectivity index (χ4n) is 2.49. The van der Waals surface area contributed by atoms with Crippen LogP contribution in [0.25, 0.3) is 0 Å². The molecule has 1 aromatic heterocycles. The zero-order chi connectivity index (χ0) is 14.9. The molecular formula is C14H18N2O4S. The van der Waals surface area contributed by atoms with E-state index in [2.05, 4.69) is 5.32 Å². The first-order chi connectivity index (χ1) is 10.1. The lowest BCUT2D eigenvalue weighted by Crippen LogP contribution is -2.58. The Balaban J connectivity index is 1.70. The van der Waals surface area contributed by atoms with Gasteiger partial charge >= 0.3 is 12.0 Å². The quantitative estimate of drug-likeness (QED) is 0.867. The van der Waals surface area contributed by atoms with Gasteiger partial charge in [0.2, 0.25) is 0 Å². The van der Waals surface area contributed by atoms with Gasteiger partial charge < -0.3 is 20.1 Å². The lowest BCUT2D eigenvalue weighted by atomic mass is 9.99. The Morgan fingerprint density at radius 2 is 2.33 bits per heavy atom. The number of carboxylic acid groups (broad SMARTS) is 1. The number of nitrogens with one attached hydrogen (secondary N) is 1. The first-order valence-electron chi connectivity index (χ1n) is 7.02. The highest BCUT2D eigenvalue weighted by Gasteiger charge is 2.46. The van der Waals surface area contributed by atoms with E-state index in [0.717, 1.165) is 18.4 Å². The Morgan fingerprint density at radius 1 is 1.52 bits per heavy atom. The number of carboxylic acids is 1. The minimum absolute atomic E-state index is 0.0328. The van der Waals surface area contributed by atoms with Crippen LogP contribution in [0.2, 0.25) is 0 Å². The number of nitrogens with zero attached hydrogens (tertiary/aromatic N) is 1. The van der Waals surface area contributed by atoms with E-state index >= 15 is 0 Å². The van der Waals surface area contributed by atoms with Gasteiger partial charge in [-0.3, -0.25) is 0 Å². The van der Waals surface area contributed by atoms with Crippen LogP contribution in [0.15, 0.2) is 16.8 Å². The van der Waals surface area contributed by atoms with Gasteiger partial charge in [0.1, 0.15) is 0 Å². The van der Waals surface area contributed by atoms with E-state index in [1.807, 2.05) is 16.8 Å². The second-order valence-corrected chi connectivity index (χ2v) is 6.39. The normalized spacial score (nSPS) is 24.8. The van der Waals surface area contributed by atoms with Crippen LogP contribution >= 0.6 is 11.3 Å². The molecule has 2 heterocycles. The minimum Gasteiger partial charge on any atom is -0.479 e. The van der Waals surface area contributed by atoms with Gasteiger partial charge in [-0.1, -0.05) is 0 Å². The molecule has 7 heteroatoms. The van der Waals surface area contributed by atoms with Gasteiger partial charge in [0.05, 0.1) is 6.61 Å². The van der Waals surface area contributed by atoms with E-state index < -0.39 is 11.5 Å². The molecule has 21 heavy (non-hydrogen) atoms. The molecule has 0 spiro atoms. The van der Waals surface area contributed by atoms with Crippen LogP contribution in [0.4, 0.5) is 4.79 Å². The maximum Gasteiger partial charge on any atom is 0.332 e. The second kappa shape index (κ2) is 5.65. The number of hydrogen-bond acceptors (Lipinski definition) is 4. The largest absolute Gasteiger partial charge is 0.479 e. The molecule has 6 nitrogen and oxygen atoms in total. The zero-order valence-corrected chi connectivity index (χ0v) is 12.4. The highest BCUT2D eigenvalue weighted by atomic mass is 32.1. The number of amides is 2. The van der Waals surface area contributed by atoms with Crippen molar-refractivity contribution in [2.24, 2.45) is 0 Å². The predicted molar refractivity (Wildman–Crippen MR) is 77.2 cm³/mol. The van der Waals surface area contributed by atoms with Gasteiger partial charge in [0.15, 0.2) is 5.54 Å². The van der Waals surface area contributed by atoms with Crippen molar-refractivity contribution in [3.8, 4) is 0 Å². The van der Waals surface area contributed by atoms with Gasteiger partial charge in [-0.2, -0.15) is 11.3 Å². The Hall–Kier alpha value is -1.60. The third-order valence-corrected chi connectivity index (χ3v) is 4.69. The third kappa shape index (κ3) is 3.03. The summed E-state index contributed by atoms with van der Waals surface area (Å²) in [5, 5.41) is 16.1. The smallest absolute Gasteiger partial charge is 0.332 e. The van der Waals surface area contributed by atoms with Crippen molar-refractivity contribution in [1.29, 1.82) is 0 Å². The van der Waals surface area contributed by atoms with Crippen molar-refractivity contribution in [3.05, 3.63) is 22.4 Å². The lowest BCUT2D eigenvalue weighted by Gasteiger charge is -2.29. The molecule has 2 aliphatic rings. The van der Waals surface area contributed by atoms with Gasteiger partial charge in [0.25, 0.3) is 0 Å². The highest BCUT2D eigenvalue weighted by Crippen LogP contribution is 2.30. The summed E-state index contributed by atoms with van der Waals surface area (Å²) in [4.78, 5) is 25.7. The van der Waals surface area contributed by atoms with E-state index in [1.165, 1.54) is 0 Å². The number of ether oxygens (including phenoxy) is 1. The minimum atomic E-state index is -1.28. The molecule has 1 unspecified atom stereocenters. The predicted octanol–water partition coefficient (Wildman–Crippen LogP) is 1.67. The van der Waals surface area contributed by atoms with Gasteiger partial charge in [-0.25, -0.2) is 9.59 Å². The van der Waals surface area contributed by atoms with Gasteiger partial charge in [-0.05, 0) is 35.2 Å². The summed E-state index contributed by atoms with van der Waals surface area (Å²) in [6.45, 7) is 0.919. The maximum absolute atomic E-state index is 12.5. The first-order valence-corrected chi connectivity index (χ1v) is 7.96. The molecule has 1 atom stereocenters. The zero-order valence-electron chi connectivity index (χ0n) is 11.6. The molecule has 1 aliphatic heterocycles. The fourth-order valence-corrected chi connectivity index (χ4v) is 3.15. The van der Waals surface area contributed by atoms with Crippen molar-refractivity contribution >= 4 is 23.3 Å². The number of thiophene rings is 1. The van der Waals surface area contributed by atoms with E-state index in [4.69, 9.17) is 4.74 Å². The molecule has 0 radical (unpaired) electrons. The fraction of sp³-hybridized carbons (Fsp3) is 0.571. The van der Waals surface area contributed by atoms with Crippen LogP contribution in [0.1, 0.15) is 24.8 Å². The third-order valence-electron chi connectivity index (χ3n) is 3.96. The average molecular weight is 310 g/mol. The lowest BCUT2D eigenvalue weighted by molar-refractivity contribution is -0.144. The summed E-state index contributed by atoms with van der Waals surface area (Å²) in [7, 11) is 0. The van der Waals surface area contributed by atoms with Crippen LogP contribution in [0.5, 0.6) is 0 Å². The molecule has 114 valence electrons. The second-order valence-electron chi connectivity index (χ2n) is 5.61. The molecule has 0 bridgehead atoms. The number of urea groups is 1. The van der Waals surface area contributed by atoms with E-state index in [-0.39, 0.29) is 18.7 Å². The molecular weight excluding hydrogens is 292 g/mol. The SMILES string of the molecule is O=C(NC1(C(=O)O)CCOC1)N(Cc1ccsc1)C1CC1. The molecule has 1 saturated carbocycles. The Bertz CT molecular complexity index is 521. The number of rotatable bonds is 5. The number of carbonyl (C=O) groups excluding carboxylic acids is 1. The van der Waals surface area contributed by atoms with Crippen molar-refractivity contribution in [2.45, 2.75) is 37.4 Å². The summed E-state index contributed by atoms with van der Waals surface area (Å²) >= 11 is 1.59. The topological polar surface area (TPSA) is 78.9 Å². The summed E-state index contributed by atoms with van der Waals surface area (Å²) in [5.74, 6) is -1.03. The van der Waals surface area contributed by atoms with Gasteiger partial charge in [-0.15, -0.1) is 0 Å². The van der Waals surface area contributed by atoms with Gasteiger partial charge in [0, 0.05) is 25.6 Å². The molecule has 3 rings (SSSR count). The summed E-state index contributed by atoms with van der Waals surface area (Å²) < 4.78 is 5.17. The molecule has 2 N–H and O–H groups in total. The summed E-state index contributed by atoms with van der Waals surface area (Å²) in [5.41, 5.74) is -0.201. The molecule has 1 saturated heterocycles. The number of carbonyl (C=O) groups is 2. The molecule has 2 fully saturated rings. The standard InChI is InChI=1S/C14H18N2O4S/c17-12(18)14(4-5-20-9-14)15-13(19)16(11-1-2-11)7-10-3-6-21-8-10/h3,6,8,11H,1-2,4-5,7,9H2,(H,15,19)(H,17,18). The van der Waals surface area contributed by atoms with Crippen LogP contribution in [0, 0.1) is 0 Å². The van der Waals surface area contributed by atoms with Crippen LogP contribution < -0.4 is 5.32 Å². The van der Waals surface area contributed by atoms with Crippen molar-refractivity contribution in [1.82, 2.24) is 10.2 Å². The average Bonchev–Trinajstić information content (AvgIpc) is 2.97. The Labute approximate surface area is 126 Å². The number of hydrogen-bond donors (Lipinski definition) is 2.